The number of aryl methyl sites for hydroxylation is 1. The van der Waals surface area contributed by atoms with Crippen molar-refractivity contribution in [2.75, 3.05) is 37.6 Å². The first-order valence-corrected chi connectivity index (χ1v) is 8.26. The lowest BCUT2D eigenvalue weighted by Crippen LogP contribution is -2.47. The van der Waals surface area contributed by atoms with Crippen LogP contribution in [-0.2, 0) is 6.42 Å². The molecular weight excluding hydrogens is 353 g/mol. The van der Waals surface area contributed by atoms with Gasteiger partial charge in [0, 0.05) is 37.6 Å². The number of halogens is 2. The van der Waals surface area contributed by atoms with Crippen molar-refractivity contribution in [3.8, 4) is 5.75 Å². The lowest BCUT2D eigenvalue weighted by atomic mass is 10.2. The van der Waals surface area contributed by atoms with Gasteiger partial charge in [0.05, 0.1) is 16.9 Å². The van der Waals surface area contributed by atoms with Gasteiger partial charge in [-0.05, 0) is 25.5 Å². The van der Waals surface area contributed by atoms with E-state index in [-0.39, 0.29) is 24.8 Å². The number of anilines is 1. The fourth-order valence-corrected chi connectivity index (χ4v) is 3.54. The summed E-state index contributed by atoms with van der Waals surface area (Å²) in [5, 5.41) is 9.93. The molecule has 1 N–H and O–H groups in total. The van der Waals surface area contributed by atoms with Gasteiger partial charge in [-0.25, -0.2) is 4.98 Å². The zero-order valence-electron chi connectivity index (χ0n) is 13.1. The Morgan fingerprint density at radius 3 is 2.43 bits per heavy atom. The average molecular weight is 376 g/mol. The van der Waals surface area contributed by atoms with Crippen LogP contribution in [0.1, 0.15) is 10.6 Å². The lowest BCUT2D eigenvalue weighted by molar-refractivity contribution is 0.260. The third kappa shape index (κ3) is 4.98. The fraction of sp³-hybridized carbons (Fsp3) is 0.438. The van der Waals surface area contributed by atoms with Crippen molar-refractivity contribution in [3.63, 3.8) is 0 Å². The van der Waals surface area contributed by atoms with E-state index in [0.29, 0.717) is 5.75 Å². The van der Waals surface area contributed by atoms with E-state index in [2.05, 4.69) is 21.7 Å². The molecule has 0 spiro atoms. The zero-order valence-corrected chi connectivity index (χ0v) is 15.6. The van der Waals surface area contributed by atoms with Crippen LogP contribution in [0, 0.1) is 6.92 Å². The van der Waals surface area contributed by atoms with Crippen molar-refractivity contribution in [1.82, 2.24) is 9.88 Å². The summed E-state index contributed by atoms with van der Waals surface area (Å²) in [7, 11) is 0. The van der Waals surface area contributed by atoms with E-state index >= 15 is 0 Å². The van der Waals surface area contributed by atoms with Crippen LogP contribution in [0.25, 0.3) is 0 Å². The highest BCUT2D eigenvalue weighted by molar-refractivity contribution is 7.09. The van der Waals surface area contributed by atoms with E-state index in [1.54, 1.807) is 17.4 Å². The third-order valence-corrected chi connectivity index (χ3v) is 5.09. The molecule has 0 aliphatic carbocycles. The van der Waals surface area contributed by atoms with Crippen LogP contribution in [0.15, 0.2) is 29.8 Å². The van der Waals surface area contributed by atoms with E-state index in [1.807, 2.05) is 23.7 Å². The van der Waals surface area contributed by atoms with Crippen LogP contribution in [0.2, 0.25) is 0 Å². The number of nitrogens with zero attached hydrogens (tertiary/aromatic N) is 3. The van der Waals surface area contributed by atoms with Crippen LogP contribution < -0.4 is 4.90 Å². The van der Waals surface area contributed by atoms with E-state index < -0.39 is 0 Å². The van der Waals surface area contributed by atoms with Gasteiger partial charge in [-0.3, -0.25) is 4.90 Å². The first kappa shape index (κ1) is 20.0. The molecule has 4 nitrogen and oxygen atoms in total. The molecule has 128 valence electrons. The Morgan fingerprint density at radius 1 is 1.13 bits per heavy atom. The van der Waals surface area contributed by atoms with Crippen molar-refractivity contribution in [2.45, 2.75) is 13.3 Å². The van der Waals surface area contributed by atoms with Crippen molar-refractivity contribution in [3.05, 3.63) is 40.3 Å². The number of aromatic nitrogens is 1. The summed E-state index contributed by atoms with van der Waals surface area (Å²) in [5.74, 6) is 0.381. The Bertz CT molecular complexity index is 601. The number of aromatic hydroxyl groups is 1. The first-order valence-electron chi connectivity index (χ1n) is 7.38. The number of phenolic OH excluding ortho intramolecular Hbond substituents is 1. The molecule has 1 saturated heterocycles. The maximum absolute atomic E-state index is 9.93. The van der Waals surface area contributed by atoms with Gasteiger partial charge < -0.3 is 10.0 Å². The number of hydrogen-bond acceptors (Lipinski definition) is 5. The summed E-state index contributed by atoms with van der Waals surface area (Å²) in [4.78, 5) is 10.5. The molecule has 1 fully saturated rings. The van der Waals surface area contributed by atoms with Gasteiger partial charge in [0.2, 0.25) is 0 Å². The number of hydrogen-bond donors (Lipinski definition) is 1. The number of phenols is 1. The van der Waals surface area contributed by atoms with Crippen LogP contribution in [-0.4, -0.2) is 47.7 Å². The van der Waals surface area contributed by atoms with E-state index in [1.165, 1.54) is 10.6 Å². The molecule has 3 rings (SSSR count). The van der Waals surface area contributed by atoms with Crippen LogP contribution in [0.3, 0.4) is 0 Å². The highest BCUT2D eigenvalue weighted by atomic mass is 35.5. The van der Waals surface area contributed by atoms with Gasteiger partial charge in [-0.1, -0.05) is 12.1 Å². The van der Waals surface area contributed by atoms with Gasteiger partial charge in [0.15, 0.2) is 0 Å². The highest BCUT2D eigenvalue weighted by Gasteiger charge is 2.19. The number of piperazine rings is 1. The first-order chi connectivity index (χ1) is 10.2. The largest absolute Gasteiger partial charge is 0.506 e. The Labute approximate surface area is 154 Å². The Kier molecular flexibility index (Phi) is 8.12. The quantitative estimate of drug-likeness (QED) is 0.888. The molecule has 1 aromatic carbocycles. The maximum Gasteiger partial charge on any atom is 0.138 e. The summed E-state index contributed by atoms with van der Waals surface area (Å²) in [6, 6.07) is 7.60. The summed E-state index contributed by atoms with van der Waals surface area (Å²) in [6.07, 6.45) is 1.09. The van der Waals surface area contributed by atoms with Gasteiger partial charge in [0.25, 0.3) is 0 Å². The summed E-state index contributed by atoms with van der Waals surface area (Å²) in [6.45, 7) is 7.22. The Balaban J connectivity index is 0.00000132. The molecule has 0 unspecified atom stereocenters. The number of rotatable bonds is 4. The molecule has 0 bridgehead atoms. The van der Waals surface area contributed by atoms with Crippen molar-refractivity contribution in [1.29, 1.82) is 0 Å². The monoisotopic (exact) mass is 375 g/mol. The SMILES string of the molecule is Cc1ncsc1CCN1CCN(c2ccccc2O)CC1.Cl.Cl. The molecule has 0 atom stereocenters. The number of benzene rings is 1. The molecule has 0 saturated carbocycles. The molecule has 1 aliphatic rings. The molecular formula is C16H23Cl2N3OS. The fourth-order valence-electron chi connectivity index (χ4n) is 2.77. The molecule has 7 heteroatoms. The Hall–Kier alpha value is -1.01. The van der Waals surface area contributed by atoms with E-state index in [9.17, 15) is 5.11 Å². The molecule has 0 radical (unpaired) electrons. The van der Waals surface area contributed by atoms with Gasteiger partial charge >= 0.3 is 0 Å². The predicted molar refractivity (Wildman–Crippen MR) is 102 cm³/mol. The van der Waals surface area contributed by atoms with Gasteiger partial charge in [-0.15, -0.1) is 36.2 Å². The minimum absolute atomic E-state index is 0. The maximum atomic E-state index is 9.93. The van der Waals surface area contributed by atoms with Crippen LogP contribution in [0.5, 0.6) is 5.75 Å². The van der Waals surface area contributed by atoms with Gasteiger partial charge in [-0.2, -0.15) is 0 Å². The normalized spacial score (nSPS) is 14.9. The second-order valence-electron chi connectivity index (χ2n) is 5.43. The molecule has 1 aromatic heterocycles. The van der Waals surface area contributed by atoms with Crippen molar-refractivity contribution < 1.29 is 5.11 Å². The second-order valence-corrected chi connectivity index (χ2v) is 6.37. The minimum atomic E-state index is 0. The smallest absolute Gasteiger partial charge is 0.138 e. The zero-order chi connectivity index (χ0) is 14.7. The van der Waals surface area contributed by atoms with Crippen LogP contribution >= 0.6 is 36.2 Å². The summed E-state index contributed by atoms with van der Waals surface area (Å²) in [5.41, 5.74) is 4.06. The molecule has 2 aromatic rings. The van der Waals surface area contributed by atoms with Crippen LogP contribution in [0.4, 0.5) is 5.69 Å². The summed E-state index contributed by atoms with van der Waals surface area (Å²) >= 11 is 1.76. The number of para-hydroxylation sites is 2. The van der Waals surface area contributed by atoms with Crippen molar-refractivity contribution in [2.24, 2.45) is 0 Å². The Morgan fingerprint density at radius 2 is 1.83 bits per heavy atom. The lowest BCUT2D eigenvalue weighted by Gasteiger charge is -2.36. The second kappa shape index (κ2) is 9.33. The van der Waals surface area contributed by atoms with E-state index in [0.717, 1.165) is 44.8 Å². The summed E-state index contributed by atoms with van der Waals surface area (Å²) < 4.78 is 0. The topological polar surface area (TPSA) is 39.6 Å². The highest BCUT2D eigenvalue weighted by Crippen LogP contribution is 2.27. The number of thiazole rings is 1. The molecule has 1 aliphatic heterocycles. The molecule has 0 amide bonds. The molecule has 23 heavy (non-hydrogen) atoms. The predicted octanol–water partition coefficient (Wildman–Crippen LogP) is 3.37. The third-order valence-electron chi connectivity index (χ3n) is 4.09. The van der Waals surface area contributed by atoms with Crippen molar-refractivity contribution >= 4 is 41.8 Å². The molecule has 2 heterocycles. The van der Waals surface area contributed by atoms with E-state index in [4.69, 9.17) is 0 Å². The average Bonchev–Trinajstić information content (AvgIpc) is 2.92. The standard InChI is InChI=1S/C16H21N3OS.2ClH/c1-13-16(21-12-17-13)6-7-18-8-10-19(11-9-18)14-4-2-3-5-15(14)20;;/h2-5,12,20H,6-11H2,1H3;2*1H. The minimum Gasteiger partial charge on any atom is -0.506 e. The van der Waals surface area contributed by atoms with Gasteiger partial charge in [0.1, 0.15) is 5.75 Å².